The second-order valence-corrected chi connectivity index (χ2v) is 4.58. The summed E-state index contributed by atoms with van der Waals surface area (Å²) in [6.45, 7) is 3.06. The molecule has 1 amide bonds. The summed E-state index contributed by atoms with van der Waals surface area (Å²) in [5.74, 6) is -0.687. The van der Waals surface area contributed by atoms with Gasteiger partial charge in [-0.1, -0.05) is 6.92 Å². The van der Waals surface area contributed by atoms with Gasteiger partial charge >= 0.3 is 0 Å². The maximum atomic E-state index is 12.0. The Morgan fingerprint density at radius 1 is 1.41 bits per heavy atom. The number of hydrogen-bond acceptors (Lipinski definition) is 4. The van der Waals surface area contributed by atoms with Crippen LogP contribution >= 0.6 is 0 Å². The maximum absolute atomic E-state index is 12.0. The van der Waals surface area contributed by atoms with Crippen molar-refractivity contribution in [2.24, 2.45) is 5.73 Å². The van der Waals surface area contributed by atoms with Crippen molar-refractivity contribution in [3.63, 3.8) is 0 Å². The summed E-state index contributed by atoms with van der Waals surface area (Å²) >= 11 is 0. The summed E-state index contributed by atoms with van der Waals surface area (Å²) in [4.78, 5) is 13.6. The van der Waals surface area contributed by atoms with Gasteiger partial charge in [0.1, 0.15) is 0 Å². The van der Waals surface area contributed by atoms with Crippen molar-refractivity contribution >= 4 is 5.91 Å². The fourth-order valence-electron chi connectivity index (χ4n) is 1.92. The molecule has 0 unspecified atom stereocenters. The van der Waals surface area contributed by atoms with Crippen LogP contribution in [0.15, 0.2) is 18.2 Å². The fraction of sp³-hybridized carbons (Fsp3) is 0.417. The van der Waals surface area contributed by atoms with Crippen LogP contribution in [0, 0.1) is 0 Å². The molecule has 0 radical (unpaired) electrons. The van der Waals surface area contributed by atoms with Gasteiger partial charge in [-0.3, -0.25) is 4.79 Å². The Balaban J connectivity index is 2.09. The van der Waals surface area contributed by atoms with Gasteiger partial charge in [0.2, 0.25) is 0 Å². The number of hydrogen-bond donors (Lipinski definition) is 3. The normalized spacial score (nSPS) is 17.6. The topological polar surface area (TPSA) is 86.8 Å². The molecule has 1 aromatic carbocycles. The molecule has 0 aromatic heterocycles. The van der Waals surface area contributed by atoms with Crippen LogP contribution in [0.25, 0.3) is 0 Å². The number of phenolic OH excluding ortho intramolecular Hbond substituents is 2. The Hall–Kier alpha value is -1.75. The van der Waals surface area contributed by atoms with Gasteiger partial charge in [0.15, 0.2) is 11.5 Å². The molecular weight excluding hydrogens is 220 g/mol. The van der Waals surface area contributed by atoms with Crippen molar-refractivity contribution in [3.05, 3.63) is 23.8 Å². The van der Waals surface area contributed by atoms with Crippen molar-refractivity contribution in [2.75, 3.05) is 13.1 Å². The van der Waals surface area contributed by atoms with E-state index in [0.29, 0.717) is 18.7 Å². The molecule has 0 spiro atoms. The van der Waals surface area contributed by atoms with Gasteiger partial charge in [-0.2, -0.15) is 0 Å². The molecule has 0 aliphatic carbocycles. The van der Waals surface area contributed by atoms with Crippen LogP contribution in [0.5, 0.6) is 11.5 Å². The van der Waals surface area contributed by atoms with Crippen molar-refractivity contribution < 1.29 is 15.0 Å². The van der Waals surface area contributed by atoms with Gasteiger partial charge in [0, 0.05) is 18.7 Å². The lowest BCUT2D eigenvalue weighted by molar-refractivity contribution is 0.0401. The number of nitrogens with two attached hydrogens (primary N) is 1. The molecule has 1 aliphatic rings. The molecular formula is C12H16N2O3. The molecule has 1 saturated heterocycles. The third kappa shape index (κ3) is 2.06. The number of carbonyl (C=O) groups is 1. The van der Waals surface area contributed by atoms with E-state index >= 15 is 0 Å². The van der Waals surface area contributed by atoms with Crippen LogP contribution in [-0.2, 0) is 0 Å². The maximum Gasteiger partial charge on any atom is 0.254 e. The van der Waals surface area contributed by atoms with Gasteiger partial charge in [0.25, 0.3) is 5.91 Å². The van der Waals surface area contributed by atoms with Crippen LogP contribution in [0.4, 0.5) is 0 Å². The molecule has 0 saturated carbocycles. The predicted octanol–water partition coefficient (Wildman–Crippen LogP) is 0.661. The fourth-order valence-corrected chi connectivity index (χ4v) is 1.92. The first-order chi connectivity index (χ1) is 7.95. The SMILES string of the molecule is CCC1(N)CN(C(=O)c2ccc(O)c(O)c2)C1. The Kier molecular flexibility index (Phi) is 2.71. The molecule has 1 aliphatic heterocycles. The van der Waals surface area contributed by atoms with Crippen LogP contribution < -0.4 is 5.73 Å². The van der Waals surface area contributed by atoms with Crippen molar-refractivity contribution in [2.45, 2.75) is 18.9 Å². The highest BCUT2D eigenvalue weighted by atomic mass is 16.3. The zero-order valence-corrected chi connectivity index (χ0v) is 9.68. The molecule has 4 N–H and O–H groups in total. The van der Waals surface area contributed by atoms with E-state index in [0.717, 1.165) is 6.42 Å². The average Bonchev–Trinajstić information content (AvgIpc) is 2.27. The van der Waals surface area contributed by atoms with E-state index in [1.54, 1.807) is 4.90 Å². The summed E-state index contributed by atoms with van der Waals surface area (Å²) in [5, 5.41) is 18.5. The molecule has 5 heteroatoms. The number of rotatable bonds is 2. The average molecular weight is 236 g/mol. The van der Waals surface area contributed by atoms with E-state index in [4.69, 9.17) is 10.8 Å². The standard InChI is InChI=1S/C12H16N2O3/c1-2-12(13)6-14(7-12)11(17)8-3-4-9(15)10(16)5-8/h3-5,15-16H,2,6-7,13H2,1H3. The second-order valence-electron chi connectivity index (χ2n) is 4.58. The minimum atomic E-state index is -0.286. The Morgan fingerprint density at radius 3 is 2.59 bits per heavy atom. The van der Waals surface area contributed by atoms with Crippen molar-refractivity contribution in [3.8, 4) is 11.5 Å². The summed E-state index contributed by atoms with van der Waals surface area (Å²) in [7, 11) is 0. The van der Waals surface area contributed by atoms with Crippen LogP contribution in [-0.4, -0.2) is 39.6 Å². The lowest BCUT2D eigenvalue weighted by Crippen LogP contribution is -2.68. The zero-order chi connectivity index (χ0) is 12.6. The third-order valence-electron chi connectivity index (χ3n) is 3.23. The lowest BCUT2D eigenvalue weighted by atomic mass is 9.88. The van der Waals surface area contributed by atoms with Crippen molar-refractivity contribution in [1.29, 1.82) is 0 Å². The summed E-state index contributed by atoms with van der Waals surface area (Å²) in [5.41, 5.74) is 6.07. The van der Waals surface area contributed by atoms with Gasteiger partial charge in [0.05, 0.1) is 5.54 Å². The summed E-state index contributed by atoms with van der Waals surface area (Å²) < 4.78 is 0. The first kappa shape index (κ1) is 11.7. The molecule has 17 heavy (non-hydrogen) atoms. The number of phenols is 2. The highest BCUT2D eigenvalue weighted by Gasteiger charge is 2.40. The third-order valence-corrected chi connectivity index (χ3v) is 3.23. The molecule has 0 atom stereocenters. The number of aromatic hydroxyl groups is 2. The van der Waals surface area contributed by atoms with Crippen LogP contribution in [0.3, 0.4) is 0 Å². The van der Waals surface area contributed by atoms with E-state index in [1.165, 1.54) is 18.2 Å². The molecule has 2 rings (SSSR count). The highest BCUT2D eigenvalue weighted by Crippen LogP contribution is 2.28. The number of likely N-dealkylation sites (tertiary alicyclic amines) is 1. The monoisotopic (exact) mass is 236 g/mol. The van der Waals surface area contributed by atoms with E-state index in [1.807, 2.05) is 6.92 Å². The zero-order valence-electron chi connectivity index (χ0n) is 9.68. The number of benzene rings is 1. The quantitative estimate of drug-likeness (QED) is 0.658. The summed E-state index contributed by atoms with van der Waals surface area (Å²) in [6, 6.07) is 4.05. The lowest BCUT2D eigenvalue weighted by Gasteiger charge is -2.47. The first-order valence-electron chi connectivity index (χ1n) is 5.55. The molecule has 1 fully saturated rings. The van der Waals surface area contributed by atoms with Gasteiger partial charge in [-0.15, -0.1) is 0 Å². The minimum absolute atomic E-state index is 0.171. The molecule has 0 bridgehead atoms. The molecule has 1 aromatic rings. The molecule has 5 nitrogen and oxygen atoms in total. The molecule has 1 heterocycles. The van der Waals surface area contributed by atoms with Gasteiger partial charge < -0.3 is 20.8 Å². The van der Waals surface area contributed by atoms with E-state index in [2.05, 4.69) is 0 Å². The largest absolute Gasteiger partial charge is 0.504 e. The number of nitrogens with zero attached hydrogens (tertiary/aromatic N) is 1. The molecule has 92 valence electrons. The minimum Gasteiger partial charge on any atom is -0.504 e. The Labute approximate surface area is 99.5 Å². The second kappa shape index (κ2) is 3.92. The van der Waals surface area contributed by atoms with E-state index in [-0.39, 0.29) is 22.9 Å². The van der Waals surface area contributed by atoms with Gasteiger partial charge in [-0.05, 0) is 24.6 Å². The predicted molar refractivity (Wildman–Crippen MR) is 62.9 cm³/mol. The first-order valence-corrected chi connectivity index (χ1v) is 5.55. The highest BCUT2D eigenvalue weighted by molar-refractivity contribution is 5.95. The smallest absolute Gasteiger partial charge is 0.254 e. The summed E-state index contributed by atoms with van der Waals surface area (Å²) in [6.07, 6.45) is 0.831. The van der Waals surface area contributed by atoms with Crippen LogP contribution in [0.2, 0.25) is 0 Å². The number of carbonyl (C=O) groups excluding carboxylic acids is 1. The van der Waals surface area contributed by atoms with E-state index < -0.39 is 0 Å². The Morgan fingerprint density at radius 2 is 2.06 bits per heavy atom. The number of amides is 1. The Bertz CT molecular complexity index is 453. The van der Waals surface area contributed by atoms with E-state index in [9.17, 15) is 9.90 Å². The van der Waals surface area contributed by atoms with Crippen LogP contribution in [0.1, 0.15) is 23.7 Å². The van der Waals surface area contributed by atoms with Gasteiger partial charge in [-0.25, -0.2) is 0 Å². The van der Waals surface area contributed by atoms with Crippen molar-refractivity contribution in [1.82, 2.24) is 4.90 Å².